The molecule has 1 aromatic carbocycles. The zero-order valence-electron chi connectivity index (χ0n) is 23.9. The number of rotatable bonds is 8. The molecule has 5 rings (SSSR count). The van der Waals surface area contributed by atoms with Gasteiger partial charge in [0.05, 0.1) is 41.7 Å². The number of nitriles is 1. The van der Waals surface area contributed by atoms with Gasteiger partial charge >= 0.3 is 5.97 Å². The minimum atomic E-state index is -0.821. The molecule has 214 valence electrons. The lowest BCUT2D eigenvalue weighted by Gasteiger charge is -2.42. The summed E-state index contributed by atoms with van der Waals surface area (Å²) in [6.45, 7) is 8.41. The van der Waals surface area contributed by atoms with Gasteiger partial charge in [-0.05, 0) is 56.9 Å². The Morgan fingerprint density at radius 2 is 1.75 bits per heavy atom. The van der Waals surface area contributed by atoms with Gasteiger partial charge in [0.2, 0.25) is 5.91 Å². The highest BCUT2D eigenvalue weighted by Gasteiger charge is 2.46. The van der Waals surface area contributed by atoms with Crippen LogP contribution in [0.3, 0.4) is 0 Å². The van der Waals surface area contributed by atoms with Crippen LogP contribution in [-0.4, -0.2) is 48.7 Å². The molecule has 40 heavy (non-hydrogen) atoms. The van der Waals surface area contributed by atoms with Crippen LogP contribution in [0.25, 0.3) is 0 Å². The number of carboxylic acids is 1. The van der Waals surface area contributed by atoms with E-state index in [2.05, 4.69) is 28.5 Å². The van der Waals surface area contributed by atoms with Gasteiger partial charge in [-0.3, -0.25) is 14.4 Å². The van der Waals surface area contributed by atoms with Gasteiger partial charge in [0.25, 0.3) is 5.91 Å². The Hall–Kier alpha value is -3.72. The Labute approximate surface area is 236 Å². The van der Waals surface area contributed by atoms with Crippen LogP contribution in [0.2, 0.25) is 0 Å². The third-order valence-electron chi connectivity index (χ3n) is 8.40. The highest BCUT2D eigenvalue weighted by atomic mass is 16.5. The van der Waals surface area contributed by atoms with E-state index in [1.165, 1.54) is 19.2 Å². The number of hydrogen-bond acceptors (Lipinski definition) is 6. The van der Waals surface area contributed by atoms with Crippen LogP contribution in [0, 0.1) is 51.8 Å². The topological polar surface area (TPSA) is 138 Å². The number of fused-ring (bicyclic) bond motifs is 2. The van der Waals surface area contributed by atoms with E-state index in [9.17, 15) is 24.8 Å². The highest BCUT2D eigenvalue weighted by molar-refractivity contribution is 5.98. The highest BCUT2D eigenvalue weighted by Crippen LogP contribution is 2.40. The Balaban J connectivity index is 1.55. The summed E-state index contributed by atoms with van der Waals surface area (Å²) in [6, 6.07) is 4.65. The second kappa shape index (κ2) is 11.4. The summed E-state index contributed by atoms with van der Waals surface area (Å²) in [4.78, 5) is 38.6. The van der Waals surface area contributed by atoms with Crippen molar-refractivity contribution in [3.63, 3.8) is 0 Å². The summed E-state index contributed by atoms with van der Waals surface area (Å²) in [5.74, 6) is 4.84. The van der Waals surface area contributed by atoms with Crippen molar-refractivity contribution >= 4 is 17.8 Å². The fourth-order valence-electron chi connectivity index (χ4n) is 5.82. The van der Waals surface area contributed by atoms with E-state index in [0.29, 0.717) is 32.2 Å². The minimum absolute atomic E-state index is 0.0788. The SMILES string of the molecule is COc1cc(C#N)c(OC2CCC(C)(C(=O)O)CC2)cc1C(=O)N[C@H]1[C@@H](C(=O)NCC(C)(C)C)[C@@H]2C#C[C@H]1CC2. The lowest BCUT2D eigenvalue weighted by Crippen LogP contribution is -2.57. The molecule has 2 fully saturated rings. The molecule has 1 aromatic rings. The van der Waals surface area contributed by atoms with Gasteiger partial charge in [-0.1, -0.05) is 32.6 Å². The molecule has 2 amide bonds. The van der Waals surface area contributed by atoms with Crippen LogP contribution in [0.1, 0.15) is 82.1 Å². The van der Waals surface area contributed by atoms with Crippen LogP contribution in [-0.2, 0) is 9.59 Å². The fourth-order valence-corrected chi connectivity index (χ4v) is 5.82. The predicted octanol–water partition coefficient (Wildman–Crippen LogP) is 3.90. The summed E-state index contributed by atoms with van der Waals surface area (Å²) in [6.07, 6.45) is 3.32. The molecule has 9 heteroatoms. The molecule has 4 atom stereocenters. The van der Waals surface area contributed by atoms with Gasteiger partial charge < -0.3 is 25.2 Å². The van der Waals surface area contributed by atoms with Crippen molar-refractivity contribution in [1.29, 1.82) is 5.26 Å². The first-order chi connectivity index (χ1) is 18.8. The quantitative estimate of drug-likeness (QED) is 0.418. The van der Waals surface area contributed by atoms with E-state index >= 15 is 0 Å². The largest absolute Gasteiger partial charge is 0.496 e. The molecule has 0 radical (unpaired) electrons. The Morgan fingerprint density at radius 1 is 1.10 bits per heavy atom. The molecular formula is C31H39N3O6. The Kier molecular flexibility index (Phi) is 8.35. The molecule has 0 saturated heterocycles. The number of ether oxygens (including phenoxy) is 2. The lowest BCUT2D eigenvalue weighted by molar-refractivity contribution is -0.150. The van der Waals surface area contributed by atoms with Gasteiger partial charge in [0.1, 0.15) is 17.6 Å². The maximum Gasteiger partial charge on any atom is 0.309 e. The first-order valence-corrected chi connectivity index (χ1v) is 14.0. The van der Waals surface area contributed by atoms with E-state index in [4.69, 9.17) is 9.47 Å². The van der Waals surface area contributed by atoms with Crippen LogP contribution in [0.5, 0.6) is 11.5 Å². The summed E-state index contributed by atoms with van der Waals surface area (Å²) in [5, 5.41) is 25.4. The maximum absolute atomic E-state index is 13.7. The van der Waals surface area contributed by atoms with Crippen molar-refractivity contribution in [2.45, 2.75) is 78.4 Å². The average Bonchev–Trinajstić information content (AvgIpc) is 2.92. The Bertz CT molecular complexity index is 1270. The summed E-state index contributed by atoms with van der Waals surface area (Å²) in [5.41, 5.74) is -0.446. The number of methoxy groups -OCH3 is 1. The van der Waals surface area contributed by atoms with Crippen LogP contribution in [0.15, 0.2) is 12.1 Å². The number of carbonyl (C=O) groups is 3. The standard InChI is InChI=1S/C31H39N3O6/c1-30(2,3)17-33-28(36)25-18-6-8-19(9-7-18)26(25)34-27(35)22-15-23(20(16-32)14-24(22)39-5)40-21-10-12-31(4,13-11-21)29(37)38/h14-15,18-19,21,25-26H,6,8,10-13,17H2,1-5H3,(H,33,36)(H,34,35)(H,37,38)/t18-,19+,21?,25-,26+,31?/m0/s1. The summed E-state index contributed by atoms with van der Waals surface area (Å²) >= 11 is 0. The normalized spacial score (nSPS) is 28.9. The van der Waals surface area contributed by atoms with Crippen LogP contribution in [0.4, 0.5) is 0 Å². The molecule has 4 aliphatic rings. The van der Waals surface area contributed by atoms with E-state index in [-0.39, 0.29) is 51.9 Å². The third kappa shape index (κ3) is 6.20. The molecule has 9 nitrogen and oxygen atoms in total. The van der Waals surface area contributed by atoms with Gasteiger partial charge in [-0.25, -0.2) is 0 Å². The lowest BCUT2D eigenvalue weighted by atomic mass is 9.66. The number of nitrogens with zero attached hydrogens (tertiary/aromatic N) is 1. The van der Waals surface area contributed by atoms with E-state index in [1.54, 1.807) is 6.92 Å². The molecule has 2 bridgehead atoms. The van der Waals surface area contributed by atoms with Crippen molar-refractivity contribution < 1.29 is 29.0 Å². The van der Waals surface area contributed by atoms with Crippen LogP contribution < -0.4 is 20.1 Å². The zero-order chi connectivity index (χ0) is 29.2. The van der Waals surface area contributed by atoms with Gasteiger partial charge in [-0.15, -0.1) is 0 Å². The second-order valence-electron chi connectivity index (χ2n) is 12.7. The summed E-state index contributed by atoms with van der Waals surface area (Å²) < 4.78 is 11.6. The minimum Gasteiger partial charge on any atom is -0.496 e. The van der Waals surface area contributed by atoms with Crippen LogP contribution >= 0.6 is 0 Å². The molecule has 0 unspecified atom stereocenters. The molecule has 0 aliphatic heterocycles. The van der Waals surface area contributed by atoms with Crippen molar-refractivity contribution in [2.24, 2.45) is 28.6 Å². The molecule has 0 heterocycles. The molecular weight excluding hydrogens is 510 g/mol. The number of nitrogens with one attached hydrogen (secondary N) is 2. The van der Waals surface area contributed by atoms with Gasteiger partial charge in [0.15, 0.2) is 0 Å². The van der Waals surface area contributed by atoms with E-state index < -0.39 is 29.3 Å². The number of carbonyl (C=O) groups excluding carboxylic acids is 2. The number of benzene rings is 1. The van der Waals surface area contributed by atoms with Crippen molar-refractivity contribution in [3.8, 4) is 29.4 Å². The number of aliphatic carboxylic acids is 1. The number of amides is 2. The molecule has 4 aliphatic carbocycles. The smallest absolute Gasteiger partial charge is 0.309 e. The van der Waals surface area contributed by atoms with Gasteiger partial charge in [-0.2, -0.15) is 5.26 Å². The van der Waals surface area contributed by atoms with E-state index in [1.807, 2.05) is 20.8 Å². The predicted molar refractivity (Wildman–Crippen MR) is 148 cm³/mol. The molecule has 0 aromatic heterocycles. The van der Waals surface area contributed by atoms with Gasteiger partial charge in [0, 0.05) is 24.4 Å². The molecule has 3 N–H and O–H groups in total. The first kappa shape index (κ1) is 29.3. The van der Waals surface area contributed by atoms with Crippen molar-refractivity contribution in [3.05, 3.63) is 23.3 Å². The monoisotopic (exact) mass is 549 g/mol. The fraction of sp³-hybridized carbons (Fsp3) is 0.613. The maximum atomic E-state index is 13.7. The number of hydrogen-bond donors (Lipinski definition) is 3. The second-order valence-corrected chi connectivity index (χ2v) is 12.7. The molecule has 2 saturated carbocycles. The first-order valence-electron chi connectivity index (χ1n) is 14.0. The average molecular weight is 550 g/mol. The summed E-state index contributed by atoms with van der Waals surface area (Å²) in [7, 11) is 1.43. The zero-order valence-corrected chi connectivity index (χ0v) is 23.9. The van der Waals surface area contributed by atoms with E-state index in [0.717, 1.165) is 12.8 Å². The Morgan fingerprint density at radius 3 is 2.30 bits per heavy atom. The third-order valence-corrected chi connectivity index (χ3v) is 8.40. The van der Waals surface area contributed by atoms with Crippen molar-refractivity contribution in [1.82, 2.24) is 10.6 Å². The number of carboxylic acid groups (broad SMARTS) is 1. The van der Waals surface area contributed by atoms with Crippen molar-refractivity contribution in [2.75, 3.05) is 13.7 Å². The molecule has 0 spiro atoms.